The fourth-order valence-electron chi connectivity index (χ4n) is 2.51. The van der Waals surface area contributed by atoms with E-state index in [1.54, 1.807) is 12.3 Å². The molecular formula is C18H21BFNO2. The lowest BCUT2D eigenvalue weighted by Crippen LogP contribution is -2.41. The molecule has 3 rings (SSSR count). The highest BCUT2D eigenvalue weighted by Gasteiger charge is 2.52. The van der Waals surface area contributed by atoms with E-state index < -0.39 is 18.3 Å². The molecule has 0 amide bonds. The Labute approximate surface area is 137 Å². The SMILES string of the molecule is Cc1ccc(-c2ccc(B3OC(C)(C)C(C)(C)O3)c(F)c2)cn1. The van der Waals surface area contributed by atoms with Crippen LogP contribution >= 0.6 is 0 Å². The fraction of sp³-hybridized carbons (Fsp3) is 0.389. The Balaban J connectivity index is 1.90. The van der Waals surface area contributed by atoms with E-state index in [1.807, 2.05) is 52.8 Å². The zero-order valence-corrected chi connectivity index (χ0v) is 14.2. The molecule has 0 bridgehead atoms. The minimum absolute atomic E-state index is 0.332. The van der Waals surface area contributed by atoms with Crippen molar-refractivity contribution in [1.82, 2.24) is 4.98 Å². The normalized spacial score (nSPS) is 19.1. The van der Waals surface area contributed by atoms with Crippen LogP contribution in [0.2, 0.25) is 0 Å². The average molecular weight is 313 g/mol. The van der Waals surface area contributed by atoms with Gasteiger partial charge in [-0.3, -0.25) is 4.98 Å². The number of hydrogen-bond donors (Lipinski definition) is 0. The second-order valence-electron chi connectivity index (χ2n) is 7.01. The Bertz CT molecular complexity index is 712. The molecular weight excluding hydrogens is 292 g/mol. The Hall–Kier alpha value is -1.72. The third kappa shape index (κ3) is 2.91. The number of halogens is 1. The van der Waals surface area contributed by atoms with Crippen molar-refractivity contribution in [3.05, 3.63) is 48.0 Å². The van der Waals surface area contributed by atoms with Crippen molar-refractivity contribution in [2.24, 2.45) is 0 Å². The third-order valence-corrected chi connectivity index (χ3v) is 4.75. The van der Waals surface area contributed by atoms with Crippen molar-refractivity contribution >= 4 is 12.6 Å². The summed E-state index contributed by atoms with van der Waals surface area (Å²) in [4.78, 5) is 4.25. The summed E-state index contributed by atoms with van der Waals surface area (Å²) in [6, 6.07) is 8.95. The first-order valence-electron chi connectivity index (χ1n) is 7.78. The van der Waals surface area contributed by atoms with Gasteiger partial charge in [0.05, 0.1) is 11.2 Å². The van der Waals surface area contributed by atoms with Gasteiger partial charge in [0.2, 0.25) is 0 Å². The number of benzene rings is 1. The second kappa shape index (κ2) is 5.43. The monoisotopic (exact) mass is 313 g/mol. The van der Waals surface area contributed by atoms with Gasteiger partial charge in [-0.15, -0.1) is 0 Å². The number of rotatable bonds is 2. The molecule has 3 nitrogen and oxygen atoms in total. The van der Waals surface area contributed by atoms with Crippen LogP contribution in [-0.2, 0) is 9.31 Å². The van der Waals surface area contributed by atoms with Crippen LogP contribution in [0.3, 0.4) is 0 Å². The fourth-order valence-corrected chi connectivity index (χ4v) is 2.51. The van der Waals surface area contributed by atoms with Crippen LogP contribution in [-0.4, -0.2) is 23.3 Å². The molecule has 0 spiro atoms. The van der Waals surface area contributed by atoms with E-state index in [2.05, 4.69) is 4.98 Å². The van der Waals surface area contributed by atoms with E-state index in [0.717, 1.165) is 16.8 Å². The topological polar surface area (TPSA) is 31.4 Å². The first-order valence-corrected chi connectivity index (χ1v) is 7.78. The molecule has 0 unspecified atom stereocenters. The molecule has 1 fully saturated rings. The summed E-state index contributed by atoms with van der Waals surface area (Å²) in [7, 11) is -0.690. The zero-order chi connectivity index (χ0) is 16.8. The maximum Gasteiger partial charge on any atom is 0.497 e. The maximum atomic E-state index is 14.6. The van der Waals surface area contributed by atoms with Gasteiger partial charge in [-0.1, -0.05) is 18.2 Å². The number of nitrogens with zero attached hydrogens (tertiary/aromatic N) is 1. The van der Waals surface area contributed by atoms with Crippen LogP contribution in [0.1, 0.15) is 33.4 Å². The molecule has 2 aromatic rings. The summed E-state index contributed by atoms with van der Waals surface area (Å²) >= 11 is 0. The third-order valence-electron chi connectivity index (χ3n) is 4.75. The maximum absolute atomic E-state index is 14.6. The van der Waals surface area contributed by atoms with Crippen LogP contribution in [0, 0.1) is 12.7 Å². The highest BCUT2D eigenvalue weighted by Crippen LogP contribution is 2.36. The molecule has 0 N–H and O–H groups in total. The van der Waals surface area contributed by atoms with E-state index in [1.165, 1.54) is 6.07 Å². The van der Waals surface area contributed by atoms with E-state index in [4.69, 9.17) is 9.31 Å². The van der Waals surface area contributed by atoms with E-state index >= 15 is 0 Å². The van der Waals surface area contributed by atoms with Gasteiger partial charge in [0.1, 0.15) is 5.82 Å². The molecule has 1 aliphatic rings. The van der Waals surface area contributed by atoms with Gasteiger partial charge in [-0.2, -0.15) is 0 Å². The molecule has 1 saturated heterocycles. The van der Waals surface area contributed by atoms with Gasteiger partial charge in [-0.05, 0) is 52.3 Å². The van der Waals surface area contributed by atoms with Crippen molar-refractivity contribution in [3.63, 3.8) is 0 Å². The Morgan fingerprint density at radius 2 is 1.57 bits per heavy atom. The van der Waals surface area contributed by atoms with Gasteiger partial charge in [0.25, 0.3) is 0 Å². The van der Waals surface area contributed by atoms with Gasteiger partial charge in [0, 0.05) is 22.9 Å². The highest BCUT2D eigenvalue weighted by molar-refractivity contribution is 6.62. The summed E-state index contributed by atoms with van der Waals surface area (Å²) < 4.78 is 26.4. The Kier molecular flexibility index (Phi) is 3.81. The lowest BCUT2D eigenvalue weighted by atomic mass is 9.78. The number of hydrogen-bond acceptors (Lipinski definition) is 3. The predicted octanol–water partition coefficient (Wildman–Crippen LogP) is 3.50. The van der Waals surface area contributed by atoms with Crippen LogP contribution in [0.4, 0.5) is 4.39 Å². The Morgan fingerprint density at radius 3 is 2.09 bits per heavy atom. The smallest absolute Gasteiger partial charge is 0.399 e. The molecule has 2 heterocycles. The van der Waals surface area contributed by atoms with Crippen molar-refractivity contribution in [2.45, 2.75) is 45.8 Å². The van der Waals surface area contributed by atoms with Crippen molar-refractivity contribution in [2.75, 3.05) is 0 Å². The average Bonchev–Trinajstić information content (AvgIpc) is 2.68. The molecule has 120 valence electrons. The van der Waals surface area contributed by atoms with Crippen molar-refractivity contribution < 1.29 is 13.7 Å². The van der Waals surface area contributed by atoms with Crippen LogP contribution in [0.15, 0.2) is 36.5 Å². The zero-order valence-electron chi connectivity index (χ0n) is 14.2. The molecule has 0 radical (unpaired) electrons. The first-order chi connectivity index (χ1) is 10.7. The van der Waals surface area contributed by atoms with Crippen molar-refractivity contribution in [1.29, 1.82) is 0 Å². The van der Waals surface area contributed by atoms with Gasteiger partial charge in [-0.25, -0.2) is 4.39 Å². The largest absolute Gasteiger partial charge is 0.497 e. The molecule has 1 aromatic heterocycles. The van der Waals surface area contributed by atoms with Gasteiger partial charge in [0.15, 0.2) is 0 Å². The number of pyridine rings is 1. The first kappa shape index (κ1) is 16.2. The van der Waals surface area contributed by atoms with E-state index in [0.29, 0.717) is 5.46 Å². The van der Waals surface area contributed by atoms with Crippen molar-refractivity contribution in [3.8, 4) is 11.1 Å². The van der Waals surface area contributed by atoms with Gasteiger partial charge >= 0.3 is 7.12 Å². The standard InChI is InChI=1S/C18H21BFNO2/c1-12-6-7-14(11-21-12)13-8-9-15(16(20)10-13)19-22-17(2,3)18(4,5)23-19/h6-11H,1-5H3. The quantitative estimate of drug-likeness (QED) is 0.795. The lowest BCUT2D eigenvalue weighted by molar-refractivity contribution is 0.00578. The summed E-state index contributed by atoms with van der Waals surface area (Å²) in [5, 5.41) is 0. The number of aryl methyl sites for hydroxylation is 1. The lowest BCUT2D eigenvalue weighted by Gasteiger charge is -2.32. The summed E-state index contributed by atoms with van der Waals surface area (Å²) in [6.07, 6.45) is 1.75. The van der Waals surface area contributed by atoms with Crippen LogP contribution in [0.25, 0.3) is 11.1 Å². The predicted molar refractivity (Wildman–Crippen MR) is 90.1 cm³/mol. The molecule has 23 heavy (non-hydrogen) atoms. The highest BCUT2D eigenvalue weighted by atomic mass is 19.1. The van der Waals surface area contributed by atoms with E-state index in [9.17, 15) is 4.39 Å². The summed E-state index contributed by atoms with van der Waals surface area (Å²) in [5.74, 6) is -0.332. The minimum Gasteiger partial charge on any atom is -0.399 e. The van der Waals surface area contributed by atoms with E-state index in [-0.39, 0.29) is 5.82 Å². The van der Waals surface area contributed by atoms with Gasteiger partial charge < -0.3 is 9.31 Å². The molecule has 0 saturated carbocycles. The molecule has 1 aromatic carbocycles. The number of aromatic nitrogens is 1. The molecule has 0 atom stereocenters. The second-order valence-corrected chi connectivity index (χ2v) is 7.01. The Morgan fingerprint density at radius 1 is 0.957 bits per heavy atom. The molecule has 0 aliphatic carbocycles. The molecule has 1 aliphatic heterocycles. The summed E-state index contributed by atoms with van der Waals surface area (Å²) in [5.41, 5.74) is 2.06. The summed E-state index contributed by atoms with van der Waals surface area (Å²) in [6.45, 7) is 9.74. The minimum atomic E-state index is -0.690. The molecule has 5 heteroatoms. The van der Waals surface area contributed by atoms with Crippen LogP contribution in [0.5, 0.6) is 0 Å². The van der Waals surface area contributed by atoms with Crippen LogP contribution < -0.4 is 5.46 Å².